The SMILES string of the molecule is COC(=O)CNc1ncnc2c1c([N+](=O)[O-])cn2[C@@H]1O[C@H](COC(C)=O)[C@@H](OC(C)=O)[C@@]1(C)OC(C)=O. The third kappa shape index (κ3) is 5.58. The maximum Gasteiger partial charge on any atom is 0.325 e. The highest BCUT2D eigenvalue weighted by atomic mass is 16.7. The molecule has 2 aromatic rings. The summed E-state index contributed by atoms with van der Waals surface area (Å²) in [5.74, 6) is -2.82. The van der Waals surface area contributed by atoms with Crippen molar-refractivity contribution in [2.24, 2.45) is 0 Å². The summed E-state index contributed by atoms with van der Waals surface area (Å²) in [6.07, 6.45) is -1.53. The monoisotopic (exact) mass is 523 g/mol. The fourth-order valence-corrected chi connectivity index (χ4v) is 4.08. The van der Waals surface area contributed by atoms with E-state index in [9.17, 15) is 29.3 Å². The largest absolute Gasteiger partial charge is 0.468 e. The fourth-order valence-electron chi connectivity index (χ4n) is 4.08. The summed E-state index contributed by atoms with van der Waals surface area (Å²) in [7, 11) is 1.18. The fraction of sp³-hybridized carbons (Fsp3) is 0.524. The summed E-state index contributed by atoms with van der Waals surface area (Å²) in [6, 6.07) is 0. The number of nitrogens with zero attached hydrogens (tertiary/aromatic N) is 4. The first kappa shape index (κ1) is 27.3. The Kier molecular flexibility index (Phi) is 7.90. The Morgan fingerprint density at radius 3 is 2.46 bits per heavy atom. The van der Waals surface area contributed by atoms with Crippen molar-refractivity contribution in [3.63, 3.8) is 0 Å². The molecule has 4 atom stereocenters. The molecule has 0 radical (unpaired) electrons. The molecule has 1 fully saturated rings. The molecular formula is C21H25N5O11. The maximum atomic E-state index is 12.1. The molecule has 1 saturated heterocycles. The Bertz CT molecular complexity index is 1240. The van der Waals surface area contributed by atoms with Gasteiger partial charge in [-0.25, -0.2) is 9.97 Å². The molecule has 0 saturated carbocycles. The van der Waals surface area contributed by atoms with Gasteiger partial charge < -0.3 is 29.0 Å². The van der Waals surface area contributed by atoms with E-state index in [4.69, 9.17) is 18.9 Å². The number of hydrogen-bond donors (Lipinski definition) is 1. The van der Waals surface area contributed by atoms with Crippen LogP contribution in [0.1, 0.15) is 33.9 Å². The lowest BCUT2D eigenvalue weighted by Crippen LogP contribution is -2.50. The van der Waals surface area contributed by atoms with E-state index in [2.05, 4.69) is 20.0 Å². The van der Waals surface area contributed by atoms with Gasteiger partial charge in [0.05, 0.1) is 18.2 Å². The third-order valence-corrected chi connectivity index (χ3v) is 5.47. The van der Waals surface area contributed by atoms with E-state index in [0.717, 1.165) is 26.4 Å². The Morgan fingerprint density at radius 2 is 1.89 bits per heavy atom. The van der Waals surface area contributed by atoms with Gasteiger partial charge in [-0.1, -0.05) is 0 Å². The molecule has 0 unspecified atom stereocenters. The van der Waals surface area contributed by atoms with Crippen molar-refractivity contribution in [3.05, 3.63) is 22.6 Å². The van der Waals surface area contributed by atoms with Crippen LogP contribution in [0.25, 0.3) is 11.0 Å². The molecule has 1 aliphatic heterocycles. The van der Waals surface area contributed by atoms with E-state index < -0.39 is 58.5 Å². The van der Waals surface area contributed by atoms with E-state index in [-0.39, 0.29) is 30.0 Å². The number of hydrogen-bond acceptors (Lipinski definition) is 14. The van der Waals surface area contributed by atoms with Gasteiger partial charge in [0, 0.05) is 20.8 Å². The molecule has 0 aliphatic carbocycles. The molecule has 2 aromatic heterocycles. The van der Waals surface area contributed by atoms with Gasteiger partial charge in [0.15, 0.2) is 23.6 Å². The van der Waals surface area contributed by atoms with Crippen LogP contribution in [0, 0.1) is 10.1 Å². The number of nitrogens with one attached hydrogen (secondary N) is 1. The predicted molar refractivity (Wildman–Crippen MR) is 121 cm³/mol. The Balaban J connectivity index is 2.19. The van der Waals surface area contributed by atoms with Crippen molar-refractivity contribution >= 4 is 46.4 Å². The molecule has 0 bridgehead atoms. The second kappa shape index (κ2) is 10.7. The zero-order valence-electron chi connectivity index (χ0n) is 20.6. The summed E-state index contributed by atoms with van der Waals surface area (Å²) < 4.78 is 27.9. The molecule has 3 heterocycles. The van der Waals surface area contributed by atoms with Crippen molar-refractivity contribution in [1.82, 2.24) is 14.5 Å². The standard InChI is InChI=1S/C21H25N5O11/c1-10(27)34-8-14-17(35-11(2)28)21(4,37-12(3)29)20(36-14)25-7-13(26(31)32)16-18(22-6-15(30)33-5)23-9-24-19(16)25/h7,9,14,17,20H,6,8H2,1-5H3,(H,22,23,24)/t14-,17-,20-,21-/m1/s1. The van der Waals surface area contributed by atoms with Gasteiger partial charge in [0.25, 0.3) is 5.69 Å². The minimum Gasteiger partial charge on any atom is -0.468 e. The first-order valence-electron chi connectivity index (χ1n) is 10.8. The van der Waals surface area contributed by atoms with Crippen molar-refractivity contribution < 1.29 is 47.8 Å². The van der Waals surface area contributed by atoms with Gasteiger partial charge in [-0.2, -0.15) is 0 Å². The van der Waals surface area contributed by atoms with Crippen LogP contribution in [0.2, 0.25) is 0 Å². The average molecular weight is 523 g/mol. The number of fused-ring (bicyclic) bond motifs is 1. The molecule has 200 valence electrons. The smallest absolute Gasteiger partial charge is 0.325 e. The molecule has 0 aromatic carbocycles. The summed E-state index contributed by atoms with van der Waals surface area (Å²) in [4.78, 5) is 66.4. The van der Waals surface area contributed by atoms with Crippen LogP contribution in [0.15, 0.2) is 12.5 Å². The Hall–Kier alpha value is -4.34. The first-order chi connectivity index (χ1) is 17.4. The van der Waals surface area contributed by atoms with Crippen LogP contribution < -0.4 is 5.32 Å². The number of anilines is 1. The molecule has 16 heteroatoms. The van der Waals surface area contributed by atoms with Gasteiger partial charge in [-0.05, 0) is 6.92 Å². The minimum absolute atomic E-state index is 0.0212. The van der Waals surface area contributed by atoms with Crippen LogP contribution in [0.4, 0.5) is 11.5 Å². The highest BCUT2D eigenvalue weighted by Crippen LogP contribution is 2.46. The van der Waals surface area contributed by atoms with Gasteiger partial charge in [-0.3, -0.25) is 33.9 Å². The molecule has 0 spiro atoms. The highest BCUT2D eigenvalue weighted by molar-refractivity contribution is 5.97. The van der Waals surface area contributed by atoms with Crippen molar-refractivity contribution in [3.8, 4) is 0 Å². The lowest BCUT2D eigenvalue weighted by molar-refractivity contribution is -0.383. The zero-order chi connectivity index (χ0) is 27.5. The lowest BCUT2D eigenvalue weighted by atomic mass is 9.95. The Labute approximate surface area is 209 Å². The molecule has 3 rings (SSSR count). The molecule has 16 nitrogen and oxygen atoms in total. The highest BCUT2D eigenvalue weighted by Gasteiger charge is 2.60. The number of carbonyl (C=O) groups excluding carboxylic acids is 4. The van der Waals surface area contributed by atoms with Gasteiger partial charge >= 0.3 is 23.9 Å². The van der Waals surface area contributed by atoms with Crippen molar-refractivity contribution in [1.29, 1.82) is 0 Å². The van der Waals surface area contributed by atoms with Crippen LogP contribution in [0.3, 0.4) is 0 Å². The van der Waals surface area contributed by atoms with Gasteiger partial charge in [0.1, 0.15) is 36.8 Å². The number of aromatic nitrogens is 3. The summed E-state index contributed by atoms with van der Waals surface area (Å²) in [5.41, 5.74) is -2.22. The van der Waals surface area contributed by atoms with Crippen LogP contribution in [-0.4, -0.2) is 81.4 Å². The number of carbonyl (C=O) groups is 4. The quantitative estimate of drug-likeness (QED) is 0.208. The zero-order valence-corrected chi connectivity index (χ0v) is 20.6. The van der Waals surface area contributed by atoms with E-state index in [1.54, 1.807) is 0 Å². The van der Waals surface area contributed by atoms with Crippen molar-refractivity contribution in [2.45, 2.75) is 51.7 Å². The average Bonchev–Trinajstić information content (AvgIpc) is 3.31. The van der Waals surface area contributed by atoms with Crippen LogP contribution >= 0.6 is 0 Å². The molecule has 1 aliphatic rings. The summed E-state index contributed by atoms with van der Waals surface area (Å²) >= 11 is 0. The lowest BCUT2D eigenvalue weighted by Gasteiger charge is -2.34. The number of methoxy groups -OCH3 is 1. The molecule has 37 heavy (non-hydrogen) atoms. The molecule has 0 amide bonds. The Morgan fingerprint density at radius 1 is 1.19 bits per heavy atom. The normalized spacial score (nSPS) is 22.8. The van der Waals surface area contributed by atoms with Crippen LogP contribution in [-0.2, 0) is 42.9 Å². The predicted octanol–water partition coefficient (Wildman–Crippen LogP) is 0.638. The summed E-state index contributed by atoms with van der Waals surface area (Å²) in [6.45, 7) is 4.13. The first-order valence-corrected chi connectivity index (χ1v) is 10.8. The number of nitro groups is 1. The number of ether oxygens (including phenoxy) is 5. The van der Waals surface area contributed by atoms with E-state index in [1.165, 1.54) is 25.5 Å². The van der Waals surface area contributed by atoms with Gasteiger partial charge in [-0.15, -0.1) is 0 Å². The van der Waals surface area contributed by atoms with E-state index >= 15 is 0 Å². The van der Waals surface area contributed by atoms with Crippen molar-refractivity contribution in [2.75, 3.05) is 25.6 Å². The topological polar surface area (TPSA) is 200 Å². The van der Waals surface area contributed by atoms with E-state index in [0.29, 0.717) is 0 Å². The second-order valence-electron chi connectivity index (χ2n) is 8.17. The summed E-state index contributed by atoms with van der Waals surface area (Å²) in [5, 5.41) is 14.5. The second-order valence-corrected chi connectivity index (χ2v) is 8.17. The third-order valence-electron chi connectivity index (χ3n) is 5.47. The number of rotatable bonds is 9. The maximum absolute atomic E-state index is 12.1. The van der Waals surface area contributed by atoms with Crippen LogP contribution in [0.5, 0.6) is 0 Å². The molecule has 1 N–H and O–H groups in total. The number of esters is 4. The molecular weight excluding hydrogens is 498 g/mol. The minimum atomic E-state index is -1.74. The van der Waals surface area contributed by atoms with E-state index in [1.807, 2.05) is 0 Å². The van der Waals surface area contributed by atoms with Gasteiger partial charge in [0.2, 0.25) is 0 Å².